The molecule has 0 saturated heterocycles. The summed E-state index contributed by atoms with van der Waals surface area (Å²) < 4.78 is 0. The van der Waals surface area contributed by atoms with Crippen molar-refractivity contribution in [2.24, 2.45) is 5.92 Å². The maximum atomic E-state index is 3.63. The van der Waals surface area contributed by atoms with Gasteiger partial charge in [0, 0.05) is 12.6 Å². The number of aryl methyl sites for hydroxylation is 1. The molecule has 0 heterocycles. The second kappa shape index (κ2) is 4.36. The second-order valence-electron chi connectivity index (χ2n) is 5.01. The van der Waals surface area contributed by atoms with Crippen LogP contribution in [-0.2, 0) is 6.54 Å². The van der Waals surface area contributed by atoms with E-state index < -0.39 is 0 Å². The highest BCUT2D eigenvalue weighted by Gasteiger charge is 2.24. The standard InChI is InChI=1S/C14H21N/c1-10-7-14(8-10)15-9-13-6-4-5-11(2)12(13)3/h4-6,10,14-15H,7-9H2,1-3H3. The van der Waals surface area contributed by atoms with Crippen molar-refractivity contribution in [1.29, 1.82) is 0 Å². The molecule has 0 aliphatic heterocycles. The van der Waals surface area contributed by atoms with Gasteiger partial charge < -0.3 is 5.32 Å². The molecule has 82 valence electrons. The van der Waals surface area contributed by atoms with Crippen LogP contribution in [0, 0.1) is 19.8 Å². The number of hydrogen-bond acceptors (Lipinski definition) is 1. The van der Waals surface area contributed by atoms with Crippen LogP contribution in [0.3, 0.4) is 0 Å². The molecule has 15 heavy (non-hydrogen) atoms. The summed E-state index contributed by atoms with van der Waals surface area (Å²) in [5, 5.41) is 3.63. The van der Waals surface area contributed by atoms with Gasteiger partial charge in [0.1, 0.15) is 0 Å². The Bertz CT molecular complexity index is 337. The Morgan fingerprint density at radius 1 is 1.27 bits per heavy atom. The van der Waals surface area contributed by atoms with E-state index in [2.05, 4.69) is 44.3 Å². The fraction of sp³-hybridized carbons (Fsp3) is 0.571. The van der Waals surface area contributed by atoms with Crippen LogP contribution in [0.15, 0.2) is 18.2 Å². The Hall–Kier alpha value is -0.820. The quantitative estimate of drug-likeness (QED) is 0.795. The highest BCUT2D eigenvalue weighted by Crippen LogP contribution is 2.26. The molecule has 1 nitrogen and oxygen atoms in total. The molecule has 1 aromatic rings. The SMILES string of the molecule is Cc1cccc(CNC2CC(C)C2)c1C. The van der Waals surface area contributed by atoms with Crippen LogP contribution in [-0.4, -0.2) is 6.04 Å². The van der Waals surface area contributed by atoms with Crippen LogP contribution in [0.2, 0.25) is 0 Å². The molecule has 1 heteroatoms. The molecule has 1 saturated carbocycles. The average molecular weight is 203 g/mol. The van der Waals surface area contributed by atoms with Crippen molar-refractivity contribution in [2.75, 3.05) is 0 Å². The third-order valence-electron chi connectivity index (χ3n) is 3.67. The smallest absolute Gasteiger partial charge is 0.0210 e. The molecule has 1 aliphatic rings. The molecule has 2 rings (SSSR count). The fourth-order valence-electron chi connectivity index (χ4n) is 2.33. The molecule has 0 radical (unpaired) electrons. The molecule has 1 aliphatic carbocycles. The van der Waals surface area contributed by atoms with Crippen LogP contribution in [0.4, 0.5) is 0 Å². The lowest BCUT2D eigenvalue weighted by molar-refractivity contribution is 0.240. The minimum absolute atomic E-state index is 0.764. The summed E-state index contributed by atoms with van der Waals surface area (Å²) in [6, 6.07) is 7.34. The predicted octanol–water partition coefficient (Wildman–Crippen LogP) is 3.19. The first-order chi connectivity index (χ1) is 7.16. The van der Waals surface area contributed by atoms with Gasteiger partial charge in [0.05, 0.1) is 0 Å². The first-order valence-electron chi connectivity index (χ1n) is 5.95. The summed E-state index contributed by atoms with van der Waals surface area (Å²) in [6.45, 7) is 7.76. The zero-order valence-corrected chi connectivity index (χ0v) is 10.0. The van der Waals surface area contributed by atoms with Crippen molar-refractivity contribution in [1.82, 2.24) is 5.32 Å². The van der Waals surface area contributed by atoms with Gasteiger partial charge in [-0.15, -0.1) is 0 Å². The van der Waals surface area contributed by atoms with Crippen molar-refractivity contribution >= 4 is 0 Å². The van der Waals surface area contributed by atoms with Crippen molar-refractivity contribution in [3.05, 3.63) is 34.9 Å². The normalized spacial score (nSPS) is 25.0. The van der Waals surface area contributed by atoms with Gasteiger partial charge in [-0.2, -0.15) is 0 Å². The number of rotatable bonds is 3. The Morgan fingerprint density at radius 2 is 2.00 bits per heavy atom. The molecular weight excluding hydrogens is 182 g/mol. The molecule has 0 unspecified atom stereocenters. The lowest BCUT2D eigenvalue weighted by atomic mass is 9.82. The molecule has 1 fully saturated rings. The molecule has 0 aromatic heterocycles. The zero-order valence-electron chi connectivity index (χ0n) is 10.0. The van der Waals surface area contributed by atoms with Crippen LogP contribution in [0.5, 0.6) is 0 Å². The fourth-order valence-corrected chi connectivity index (χ4v) is 2.33. The first-order valence-corrected chi connectivity index (χ1v) is 5.95. The number of nitrogens with one attached hydrogen (secondary N) is 1. The monoisotopic (exact) mass is 203 g/mol. The van der Waals surface area contributed by atoms with Gasteiger partial charge >= 0.3 is 0 Å². The Labute approximate surface area is 92.9 Å². The highest BCUT2D eigenvalue weighted by atomic mass is 14.9. The van der Waals surface area contributed by atoms with E-state index in [0.29, 0.717) is 0 Å². The molecular formula is C14H21N. The Morgan fingerprint density at radius 3 is 2.67 bits per heavy atom. The van der Waals surface area contributed by atoms with Crippen molar-refractivity contribution in [3.63, 3.8) is 0 Å². The van der Waals surface area contributed by atoms with Crippen molar-refractivity contribution in [2.45, 2.75) is 46.2 Å². The van der Waals surface area contributed by atoms with E-state index >= 15 is 0 Å². The maximum absolute atomic E-state index is 3.63. The first kappa shape index (κ1) is 10.7. The van der Waals surface area contributed by atoms with E-state index in [1.807, 2.05) is 0 Å². The van der Waals surface area contributed by atoms with Gasteiger partial charge in [-0.05, 0) is 49.3 Å². The van der Waals surface area contributed by atoms with Crippen LogP contribution in [0.1, 0.15) is 36.5 Å². The van der Waals surface area contributed by atoms with Gasteiger partial charge in [-0.3, -0.25) is 0 Å². The van der Waals surface area contributed by atoms with Crippen LogP contribution in [0.25, 0.3) is 0 Å². The summed E-state index contributed by atoms with van der Waals surface area (Å²) in [6.07, 6.45) is 2.70. The molecule has 0 spiro atoms. The Balaban J connectivity index is 1.91. The molecule has 0 bridgehead atoms. The van der Waals surface area contributed by atoms with E-state index in [9.17, 15) is 0 Å². The predicted molar refractivity (Wildman–Crippen MR) is 64.9 cm³/mol. The molecule has 1 aromatic carbocycles. The summed E-state index contributed by atoms with van der Waals surface area (Å²) in [4.78, 5) is 0. The summed E-state index contributed by atoms with van der Waals surface area (Å²) in [5.41, 5.74) is 4.29. The average Bonchev–Trinajstić information content (AvgIpc) is 2.17. The third-order valence-corrected chi connectivity index (χ3v) is 3.67. The minimum Gasteiger partial charge on any atom is -0.310 e. The van der Waals surface area contributed by atoms with Crippen molar-refractivity contribution < 1.29 is 0 Å². The molecule has 0 amide bonds. The largest absolute Gasteiger partial charge is 0.310 e. The highest BCUT2D eigenvalue weighted by molar-refractivity contribution is 5.32. The van der Waals surface area contributed by atoms with Gasteiger partial charge in [0.15, 0.2) is 0 Å². The number of benzene rings is 1. The summed E-state index contributed by atoms with van der Waals surface area (Å²) in [7, 11) is 0. The molecule has 1 N–H and O–H groups in total. The summed E-state index contributed by atoms with van der Waals surface area (Å²) >= 11 is 0. The summed E-state index contributed by atoms with van der Waals surface area (Å²) in [5.74, 6) is 0.932. The van der Waals surface area contributed by atoms with Crippen molar-refractivity contribution in [3.8, 4) is 0 Å². The van der Waals surface area contributed by atoms with E-state index in [-0.39, 0.29) is 0 Å². The second-order valence-corrected chi connectivity index (χ2v) is 5.01. The van der Waals surface area contributed by atoms with Crippen LogP contribution >= 0.6 is 0 Å². The van der Waals surface area contributed by atoms with E-state index in [1.165, 1.54) is 29.5 Å². The zero-order chi connectivity index (χ0) is 10.8. The Kier molecular flexibility index (Phi) is 3.11. The third kappa shape index (κ3) is 2.40. The lowest BCUT2D eigenvalue weighted by Gasteiger charge is -2.33. The minimum atomic E-state index is 0.764. The lowest BCUT2D eigenvalue weighted by Crippen LogP contribution is -2.39. The van der Waals surface area contributed by atoms with Gasteiger partial charge in [-0.1, -0.05) is 25.1 Å². The van der Waals surface area contributed by atoms with Crippen LogP contribution < -0.4 is 5.32 Å². The molecule has 0 atom stereocenters. The van der Waals surface area contributed by atoms with Gasteiger partial charge in [0.2, 0.25) is 0 Å². The van der Waals surface area contributed by atoms with E-state index in [4.69, 9.17) is 0 Å². The maximum Gasteiger partial charge on any atom is 0.0210 e. The van der Waals surface area contributed by atoms with E-state index in [0.717, 1.165) is 18.5 Å². The number of hydrogen-bond donors (Lipinski definition) is 1. The van der Waals surface area contributed by atoms with E-state index in [1.54, 1.807) is 0 Å². The van der Waals surface area contributed by atoms with Gasteiger partial charge in [-0.25, -0.2) is 0 Å². The van der Waals surface area contributed by atoms with Gasteiger partial charge in [0.25, 0.3) is 0 Å². The topological polar surface area (TPSA) is 12.0 Å².